The van der Waals surface area contributed by atoms with Crippen molar-refractivity contribution in [2.75, 3.05) is 25.4 Å². The smallest absolute Gasteiger partial charge is 0.164 e. The third-order valence-electron chi connectivity index (χ3n) is 1.88. The zero-order valence-electron chi connectivity index (χ0n) is 6.29. The summed E-state index contributed by atoms with van der Waals surface area (Å²) < 4.78 is 0. The molecule has 2 N–H and O–H groups in total. The number of aliphatic imine (C=N–C) groups is 1. The van der Waals surface area contributed by atoms with Gasteiger partial charge in [-0.1, -0.05) is 11.8 Å². The highest BCUT2D eigenvalue weighted by atomic mass is 32.2. The highest BCUT2D eigenvalue weighted by Gasteiger charge is 2.21. The van der Waals surface area contributed by atoms with Gasteiger partial charge in [0.15, 0.2) is 5.17 Å². The minimum atomic E-state index is 0.637. The molecule has 1 saturated heterocycles. The number of amidine groups is 1. The largest absolute Gasteiger partial charge is 0.346 e. The molecule has 0 aliphatic carbocycles. The van der Waals surface area contributed by atoms with Crippen LogP contribution in [0.15, 0.2) is 16.8 Å². The van der Waals surface area contributed by atoms with Crippen LogP contribution in [0, 0.1) is 0 Å². The van der Waals surface area contributed by atoms with E-state index in [0.29, 0.717) is 6.54 Å². The molecule has 60 valence electrons. The summed E-state index contributed by atoms with van der Waals surface area (Å²) in [6.07, 6.45) is 1.91. The van der Waals surface area contributed by atoms with E-state index in [0.717, 1.165) is 13.1 Å². The lowest BCUT2D eigenvalue weighted by atomic mass is 10.2. The molecular weight excluding hydrogens is 158 g/mol. The van der Waals surface area contributed by atoms with Crippen LogP contribution in [0.1, 0.15) is 0 Å². The summed E-state index contributed by atoms with van der Waals surface area (Å²) in [5, 5.41) is 1.17. The van der Waals surface area contributed by atoms with Crippen molar-refractivity contribution < 1.29 is 0 Å². The van der Waals surface area contributed by atoms with Crippen LogP contribution in [0.5, 0.6) is 0 Å². The molecule has 0 amide bonds. The second-order valence-electron chi connectivity index (χ2n) is 2.67. The van der Waals surface area contributed by atoms with Crippen molar-refractivity contribution in [2.45, 2.75) is 0 Å². The van der Waals surface area contributed by atoms with Gasteiger partial charge in [-0.25, -0.2) is 4.99 Å². The second kappa shape index (κ2) is 2.87. The van der Waals surface area contributed by atoms with Gasteiger partial charge in [0.1, 0.15) is 0 Å². The van der Waals surface area contributed by atoms with Gasteiger partial charge in [-0.05, 0) is 5.57 Å². The normalized spacial score (nSPS) is 22.8. The van der Waals surface area contributed by atoms with Crippen LogP contribution in [0.3, 0.4) is 0 Å². The van der Waals surface area contributed by atoms with Gasteiger partial charge in [0.05, 0.1) is 0 Å². The molecule has 0 spiro atoms. The number of hydrogen-bond donors (Lipinski definition) is 1. The lowest BCUT2D eigenvalue weighted by Gasteiger charge is -2.21. The number of rotatable bonds is 1. The molecule has 11 heavy (non-hydrogen) atoms. The predicted octanol–water partition coefficient (Wildman–Crippen LogP) is 0.247. The molecule has 0 aromatic carbocycles. The fourth-order valence-electron chi connectivity index (χ4n) is 1.25. The maximum absolute atomic E-state index is 5.52. The molecule has 1 fully saturated rings. The first kappa shape index (κ1) is 7.18. The average molecular weight is 169 g/mol. The van der Waals surface area contributed by atoms with E-state index in [1.165, 1.54) is 16.5 Å². The molecule has 2 rings (SSSR count). The third kappa shape index (κ3) is 1.28. The molecule has 0 aromatic rings. The zero-order valence-corrected chi connectivity index (χ0v) is 7.10. The highest BCUT2D eigenvalue weighted by Crippen LogP contribution is 2.21. The van der Waals surface area contributed by atoms with Crippen LogP contribution in [0.4, 0.5) is 0 Å². The third-order valence-corrected chi connectivity index (χ3v) is 2.89. The van der Waals surface area contributed by atoms with E-state index in [4.69, 9.17) is 5.73 Å². The molecule has 0 aromatic heterocycles. The first-order valence-corrected chi connectivity index (χ1v) is 4.72. The fourth-order valence-corrected chi connectivity index (χ4v) is 2.21. The first-order chi connectivity index (χ1) is 5.40. The summed E-state index contributed by atoms with van der Waals surface area (Å²) in [5.41, 5.74) is 6.75. The number of thioether (sulfide) groups is 1. The van der Waals surface area contributed by atoms with Crippen molar-refractivity contribution in [1.82, 2.24) is 4.90 Å². The molecule has 0 bridgehead atoms. The Bertz CT molecular complexity index is 222. The lowest BCUT2D eigenvalue weighted by Crippen LogP contribution is -2.30. The van der Waals surface area contributed by atoms with Gasteiger partial charge < -0.3 is 10.6 Å². The standard InChI is InChI=1S/C7H11N3S/c8-3-6-4-9-7-10(5-6)1-2-11-7/h4H,1-3,5,8H2. The van der Waals surface area contributed by atoms with Gasteiger partial charge in [0.2, 0.25) is 0 Å². The minimum absolute atomic E-state index is 0.637. The molecule has 0 saturated carbocycles. The van der Waals surface area contributed by atoms with Gasteiger partial charge in [-0.15, -0.1) is 0 Å². The summed E-state index contributed by atoms with van der Waals surface area (Å²) in [5.74, 6) is 1.17. The van der Waals surface area contributed by atoms with E-state index in [9.17, 15) is 0 Å². The summed E-state index contributed by atoms with van der Waals surface area (Å²) in [7, 11) is 0. The van der Waals surface area contributed by atoms with Crippen LogP contribution >= 0.6 is 11.8 Å². The maximum Gasteiger partial charge on any atom is 0.164 e. The number of nitrogens with zero attached hydrogens (tertiary/aromatic N) is 2. The Hall–Kier alpha value is -0.480. The summed E-state index contributed by atoms with van der Waals surface area (Å²) in [6.45, 7) is 2.75. The van der Waals surface area contributed by atoms with Crippen LogP contribution in [0.2, 0.25) is 0 Å². The predicted molar refractivity (Wildman–Crippen MR) is 48.6 cm³/mol. The first-order valence-electron chi connectivity index (χ1n) is 3.73. The Labute approximate surface area is 70.3 Å². The van der Waals surface area contributed by atoms with Crippen LogP contribution in [-0.2, 0) is 0 Å². The number of fused-ring (bicyclic) bond motifs is 1. The van der Waals surface area contributed by atoms with Crippen molar-refractivity contribution in [1.29, 1.82) is 0 Å². The SMILES string of the molecule is NCC1=CN=C2SCCN2C1. The van der Waals surface area contributed by atoms with Crippen molar-refractivity contribution >= 4 is 16.9 Å². The molecule has 0 radical (unpaired) electrons. The van der Waals surface area contributed by atoms with Crippen LogP contribution < -0.4 is 5.73 Å². The van der Waals surface area contributed by atoms with Crippen LogP contribution in [-0.4, -0.2) is 35.5 Å². The Morgan fingerprint density at radius 3 is 3.45 bits per heavy atom. The number of hydrogen-bond acceptors (Lipinski definition) is 4. The van der Waals surface area contributed by atoms with Crippen molar-refractivity contribution in [3.05, 3.63) is 11.8 Å². The lowest BCUT2D eigenvalue weighted by molar-refractivity contribution is 0.490. The monoisotopic (exact) mass is 169 g/mol. The fraction of sp³-hybridized carbons (Fsp3) is 0.571. The van der Waals surface area contributed by atoms with E-state index < -0.39 is 0 Å². The van der Waals surface area contributed by atoms with E-state index in [1.54, 1.807) is 0 Å². The topological polar surface area (TPSA) is 41.6 Å². The highest BCUT2D eigenvalue weighted by molar-refractivity contribution is 8.14. The van der Waals surface area contributed by atoms with Gasteiger partial charge in [0, 0.05) is 31.6 Å². The van der Waals surface area contributed by atoms with E-state index in [-0.39, 0.29) is 0 Å². The number of nitrogens with two attached hydrogens (primary N) is 1. The van der Waals surface area contributed by atoms with E-state index in [1.807, 2.05) is 18.0 Å². The van der Waals surface area contributed by atoms with Crippen molar-refractivity contribution in [2.24, 2.45) is 10.7 Å². The Morgan fingerprint density at radius 1 is 1.73 bits per heavy atom. The summed E-state index contributed by atoms with van der Waals surface area (Å²) in [6, 6.07) is 0. The summed E-state index contributed by atoms with van der Waals surface area (Å²) >= 11 is 1.83. The van der Waals surface area contributed by atoms with E-state index >= 15 is 0 Å². The molecule has 2 aliphatic heterocycles. The molecule has 4 heteroatoms. The molecule has 2 aliphatic rings. The molecule has 2 heterocycles. The molecular formula is C7H11N3S. The van der Waals surface area contributed by atoms with Crippen molar-refractivity contribution in [3.63, 3.8) is 0 Å². The van der Waals surface area contributed by atoms with E-state index in [2.05, 4.69) is 9.89 Å². The van der Waals surface area contributed by atoms with Gasteiger partial charge in [-0.3, -0.25) is 0 Å². The van der Waals surface area contributed by atoms with Gasteiger partial charge >= 0.3 is 0 Å². The Balaban J connectivity index is 2.15. The minimum Gasteiger partial charge on any atom is -0.346 e. The molecule has 0 unspecified atom stereocenters. The molecule has 3 nitrogen and oxygen atoms in total. The second-order valence-corrected chi connectivity index (χ2v) is 3.74. The Kier molecular flexibility index (Phi) is 1.87. The quantitative estimate of drug-likeness (QED) is 0.611. The summed E-state index contributed by atoms with van der Waals surface area (Å²) in [4.78, 5) is 6.59. The van der Waals surface area contributed by atoms with Gasteiger partial charge in [-0.2, -0.15) is 0 Å². The van der Waals surface area contributed by atoms with Gasteiger partial charge in [0.25, 0.3) is 0 Å². The molecule has 0 atom stereocenters. The van der Waals surface area contributed by atoms with Crippen LogP contribution in [0.25, 0.3) is 0 Å². The average Bonchev–Trinajstić information content (AvgIpc) is 2.50. The zero-order chi connectivity index (χ0) is 7.68. The van der Waals surface area contributed by atoms with Crippen molar-refractivity contribution in [3.8, 4) is 0 Å². The maximum atomic E-state index is 5.52. The Morgan fingerprint density at radius 2 is 2.64 bits per heavy atom.